The summed E-state index contributed by atoms with van der Waals surface area (Å²) in [6.07, 6.45) is 6.11. The third kappa shape index (κ3) is 6.55. The number of hydrogen-bond donors (Lipinski definition) is 0. The summed E-state index contributed by atoms with van der Waals surface area (Å²) < 4.78 is 2.58. The Labute approximate surface area is 421 Å². The lowest BCUT2D eigenvalue weighted by molar-refractivity contribution is 1.19. The van der Waals surface area contributed by atoms with Crippen LogP contribution in [-0.2, 0) is 0 Å². The van der Waals surface area contributed by atoms with Gasteiger partial charge in [0.15, 0.2) is 5.82 Å². The van der Waals surface area contributed by atoms with Crippen LogP contribution in [-0.4, -0.2) is 9.97 Å². The molecule has 12 aromatic carbocycles. The highest BCUT2D eigenvalue weighted by Gasteiger charge is 2.24. The van der Waals surface area contributed by atoms with E-state index in [-0.39, 0.29) is 0 Å². The van der Waals surface area contributed by atoms with Gasteiger partial charge in [0.25, 0.3) is 0 Å². The molecular formula is C69H44N2S. The quantitative estimate of drug-likeness (QED) is 0.0904. The highest BCUT2D eigenvalue weighted by atomic mass is 32.1. The van der Waals surface area contributed by atoms with Crippen molar-refractivity contribution in [2.75, 3.05) is 0 Å². The van der Waals surface area contributed by atoms with Gasteiger partial charge in [0, 0.05) is 36.9 Å². The van der Waals surface area contributed by atoms with Crippen LogP contribution in [0.25, 0.3) is 147 Å². The van der Waals surface area contributed by atoms with E-state index in [1.54, 1.807) is 0 Å². The molecule has 14 aromatic rings. The van der Waals surface area contributed by atoms with E-state index in [1.165, 1.54) is 96.6 Å². The molecule has 0 aliphatic heterocycles. The fourth-order valence-corrected chi connectivity index (χ4v) is 12.8. The van der Waals surface area contributed by atoms with Gasteiger partial charge in [0.05, 0.1) is 11.4 Å². The van der Waals surface area contributed by atoms with Crippen molar-refractivity contribution in [3.8, 4) is 56.2 Å². The van der Waals surface area contributed by atoms with Crippen LogP contribution < -0.4 is 0 Å². The SMILES string of the molecule is C=C/C=C\c1c(C)c2cc3c(cc2c2ccccc12)sc1cc(-c2c4ccccc4c(-c4c5ccccc5c(-c5nc(-c6ccccc6)cc(-c6ccccc6)n5)c5ccccc45)c4ccccc24)ccc13. The fraction of sp³-hybridized carbons (Fsp3) is 0.0145. The fourth-order valence-electron chi connectivity index (χ4n) is 11.6. The lowest BCUT2D eigenvalue weighted by Gasteiger charge is -2.22. The van der Waals surface area contributed by atoms with E-state index in [0.29, 0.717) is 5.82 Å². The van der Waals surface area contributed by atoms with Crippen molar-refractivity contribution in [2.45, 2.75) is 6.92 Å². The van der Waals surface area contributed by atoms with Crippen LogP contribution in [0.2, 0.25) is 0 Å². The van der Waals surface area contributed by atoms with Gasteiger partial charge in [-0.05, 0) is 129 Å². The first-order valence-corrected chi connectivity index (χ1v) is 25.4. The molecule has 0 amide bonds. The average molecular weight is 933 g/mol. The number of fused-ring (bicyclic) bond motifs is 10. The molecule has 2 aromatic heterocycles. The minimum atomic E-state index is 0.706. The number of aryl methyl sites for hydroxylation is 1. The van der Waals surface area contributed by atoms with E-state index in [1.807, 2.05) is 23.5 Å². The van der Waals surface area contributed by atoms with Crippen LogP contribution >= 0.6 is 11.3 Å². The topological polar surface area (TPSA) is 25.8 Å². The lowest BCUT2D eigenvalue weighted by atomic mass is 9.81. The third-order valence-corrected chi connectivity index (χ3v) is 15.9. The van der Waals surface area contributed by atoms with Gasteiger partial charge >= 0.3 is 0 Å². The maximum Gasteiger partial charge on any atom is 0.161 e. The smallest absolute Gasteiger partial charge is 0.161 e. The van der Waals surface area contributed by atoms with Gasteiger partial charge in [0.1, 0.15) is 0 Å². The van der Waals surface area contributed by atoms with E-state index in [9.17, 15) is 0 Å². The molecule has 2 nitrogen and oxygen atoms in total. The van der Waals surface area contributed by atoms with E-state index in [4.69, 9.17) is 9.97 Å². The zero-order valence-electron chi connectivity index (χ0n) is 39.5. The highest BCUT2D eigenvalue weighted by Crippen LogP contribution is 2.51. The summed E-state index contributed by atoms with van der Waals surface area (Å²) in [6.45, 7) is 6.22. The molecule has 0 aliphatic carbocycles. The minimum Gasteiger partial charge on any atom is -0.228 e. The van der Waals surface area contributed by atoms with Crippen molar-refractivity contribution in [1.29, 1.82) is 0 Å². The number of nitrogens with zero attached hydrogens (tertiary/aromatic N) is 2. The van der Waals surface area contributed by atoms with Crippen LogP contribution in [0.3, 0.4) is 0 Å². The molecule has 3 heteroatoms. The Kier molecular flexibility index (Phi) is 9.80. The number of rotatable bonds is 7. The first-order chi connectivity index (χ1) is 35.6. The molecule has 0 fully saturated rings. The predicted molar refractivity (Wildman–Crippen MR) is 311 cm³/mol. The van der Waals surface area contributed by atoms with Gasteiger partial charge in [-0.3, -0.25) is 0 Å². The number of aromatic nitrogens is 2. The molecule has 0 spiro atoms. The average Bonchev–Trinajstić information content (AvgIpc) is 3.80. The van der Waals surface area contributed by atoms with Crippen LogP contribution in [0.1, 0.15) is 11.1 Å². The Morgan fingerprint density at radius 1 is 0.347 bits per heavy atom. The number of benzene rings is 12. The molecule has 0 unspecified atom stereocenters. The minimum absolute atomic E-state index is 0.706. The van der Waals surface area contributed by atoms with Gasteiger partial charge < -0.3 is 0 Å². The van der Waals surface area contributed by atoms with Gasteiger partial charge in [-0.15, -0.1) is 11.3 Å². The van der Waals surface area contributed by atoms with Crippen LogP contribution in [0.4, 0.5) is 0 Å². The molecule has 0 aliphatic rings. The van der Waals surface area contributed by atoms with Crippen molar-refractivity contribution < 1.29 is 0 Å². The zero-order valence-corrected chi connectivity index (χ0v) is 40.3. The molecule has 0 bridgehead atoms. The molecular weight excluding hydrogens is 889 g/mol. The largest absolute Gasteiger partial charge is 0.228 e. The van der Waals surface area contributed by atoms with Crippen LogP contribution in [0.5, 0.6) is 0 Å². The molecule has 2 heterocycles. The molecule has 0 atom stereocenters. The number of thiophene rings is 1. The molecule has 0 saturated carbocycles. The van der Waals surface area contributed by atoms with Crippen LogP contribution in [0, 0.1) is 6.92 Å². The summed E-state index contributed by atoms with van der Waals surface area (Å²) in [5, 5.41) is 17.1. The first-order valence-electron chi connectivity index (χ1n) is 24.6. The summed E-state index contributed by atoms with van der Waals surface area (Å²) in [5.74, 6) is 0.706. The Morgan fingerprint density at radius 2 is 0.792 bits per heavy atom. The van der Waals surface area contributed by atoms with Gasteiger partial charge in [-0.2, -0.15) is 0 Å². The van der Waals surface area contributed by atoms with Crippen molar-refractivity contribution in [1.82, 2.24) is 9.97 Å². The molecule has 72 heavy (non-hydrogen) atoms. The monoisotopic (exact) mass is 932 g/mol. The van der Waals surface area contributed by atoms with E-state index < -0.39 is 0 Å². The zero-order chi connectivity index (χ0) is 47.9. The van der Waals surface area contributed by atoms with Crippen molar-refractivity contribution >= 4 is 102 Å². The second-order valence-electron chi connectivity index (χ2n) is 18.8. The standard InChI is InChI=1S/C69H44N2S/c1-3-4-25-46-42(2)58-39-60-49-37-36-45(38-63(49)72-64(60)40-59(58)48-27-12-11-26-47(46)48)65-50-28-13-15-30-52(50)66(53-31-16-14-29-51(53)65)67-54-32-17-19-34-56(54)68(57-35-20-18-33-55(57)67)69-70-61(43-21-7-5-8-22-43)41-62(71-69)44-23-9-6-10-24-44/h3-41H,1H2,2H3/b25-4-. The molecule has 0 N–H and O–H groups in total. The summed E-state index contributed by atoms with van der Waals surface area (Å²) in [6, 6.07) is 79.7. The van der Waals surface area contributed by atoms with Crippen molar-refractivity contribution in [3.05, 3.63) is 248 Å². The van der Waals surface area contributed by atoms with Gasteiger partial charge in [-0.25, -0.2) is 9.97 Å². The Bertz CT molecular complexity index is 4410. The number of hydrogen-bond acceptors (Lipinski definition) is 3. The molecule has 336 valence electrons. The summed E-state index contributed by atoms with van der Waals surface area (Å²) in [7, 11) is 0. The van der Waals surface area contributed by atoms with Crippen LogP contribution in [0.15, 0.2) is 237 Å². The summed E-state index contributed by atoms with van der Waals surface area (Å²) in [5.41, 5.74) is 12.4. The number of allylic oxidation sites excluding steroid dienone is 2. The summed E-state index contributed by atoms with van der Waals surface area (Å²) >= 11 is 1.89. The summed E-state index contributed by atoms with van der Waals surface area (Å²) in [4.78, 5) is 10.8. The predicted octanol–water partition coefficient (Wildman–Crippen LogP) is 19.6. The molecule has 14 rings (SSSR count). The molecule has 0 saturated heterocycles. The maximum atomic E-state index is 5.41. The lowest BCUT2D eigenvalue weighted by Crippen LogP contribution is -1.99. The molecule has 0 radical (unpaired) electrons. The van der Waals surface area contributed by atoms with E-state index in [0.717, 1.165) is 49.6 Å². The van der Waals surface area contributed by atoms with Gasteiger partial charge in [0.2, 0.25) is 0 Å². The Morgan fingerprint density at radius 3 is 1.31 bits per heavy atom. The van der Waals surface area contributed by atoms with Gasteiger partial charge in [-0.1, -0.05) is 219 Å². The van der Waals surface area contributed by atoms with E-state index in [2.05, 4.69) is 238 Å². The maximum absolute atomic E-state index is 5.41. The second kappa shape index (κ2) is 16.8. The third-order valence-electron chi connectivity index (χ3n) is 14.8. The Hall–Kier alpha value is -9.02. The van der Waals surface area contributed by atoms with Crippen molar-refractivity contribution in [3.63, 3.8) is 0 Å². The van der Waals surface area contributed by atoms with E-state index >= 15 is 0 Å². The Balaban J connectivity index is 1.01. The second-order valence-corrected chi connectivity index (χ2v) is 19.8. The van der Waals surface area contributed by atoms with Crippen molar-refractivity contribution in [2.24, 2.45) is 0 Å². The normalized spacial score (nSPS) is 12.0. The highest BCUT2D eigenvalue weighted by molar-refractivity contribution is 7.26. The first kappa shape index (κ1) is 41.9.